The minimum atomic E-state index is -0.579. The molecule has 40 heavy (non-hydrogen) atoms. The van der Waals surface area contributed by atoms with E-state index in [-0.39, 0.29) is 18.2 Å². The van der Waals surface area contributed by atoms with E-state index in [1.807, 2.05) is 30.3 Å². The van der Waals surface area contributed by atoms with Crippen LogP contribution in [0.1, 0.15) is 26.4 Å². The number of amides is 1. The second kappa shape index (κ2) is 10.8. The number of carbonyl (C=O) groups excluding carboxylic acids is 2. The molecule has 0 saturated carbocycles. The number of hydrazone groups is 1. The number of nitrogens with zero attached hydrogens (tertiary/aromatic N) is 1. The summed E-state index contributed by atoms with van der Waals surface area (Å²) in [6, 6.07) is 24.4. The van der Waals surface area contributed by atoms with E-state index in [0.29, 0.717) is 49.1 Å². The molecule has 8 nitrogen and oxygen atoms in total. The number of H-pyrrole nitrogens is 1. The molecular weight excluding hydrogens is 553 g/mol. The highest BCUT2D eigenvalue weighted by atomic mass is 35.5. The summed E-state index contributed by atoms with van der Waals surface area (Å²) in [6.07, 6.45) is 1.40. The van der Waals surface area contributed by atoms with Crippen molar-refractivity contribution < 1.29 is 23.8 Å². The molecule has 0 atom stereocenters. The van der Waals surface area contributed by atoms with Gasteiger partial charge in [0.2, 0.25) is 6.79 Å². The summed E-state index contributed by atoms with van der Waals surface area (Å²) in [5.41, 5.74) is 5.63. The lowest BCUT2D eigenvalue weighted by Crippen LogP contribution is -2.19. The van der Waals surface area contributed by atoms with Gasteiger partial charge < -0.3 is 19.2 Å². The fraction of sp³-hybridized carbons (Fsp3) is 0.0333. The SMILES string of the molecule is O=C(Oc1ccccc1C=NNC(=O)c1[nH]c2c(Cl)cc(Cl)cc2c1-c1ccccc1)c1ccc2c(c1)OCO2. The van der Waals surface area contributed by atoms with E-state index >= 15 is 0 Å². The molecule has 1 aromatic heterocycles. The zero-order chi connectivity index (χ0) is 27.6. The Morgan fingerprint density at radius 1 is 0.925 bits per heavy atom. The van der Waals surface area contributed by atoms with Gasteiger partial charge in [0, 0.05) is 21.5 Å². The smallest absolute Gasteiger partial charge is 0.343 e. The Labute approximate surface area is 238 Å². The standard InChI is InChI=1S/C30H19Cl2N3O5/c31-20-13-21-26(17-6-2-1-3-7-17)28(34-27(21)22(32)14-20)29(36)35-33-15-19-8-4-5-9-23(19)40-30(37)18-10-11-24-25(12-18)39-16-38-24/h1-15,34H,16H2,(H,35,36). The number of fused-ring (bicyclic) bond motifs is 2. The molecule has 0 saturated heterocycles. The first kappa shape index (κ1) is 25.5. The third-order valence-corrected chi connectivity index (χ3v) is 6.73. The first-order valence-electron chi connectivity index (χ1n) is 12.1. The summed E-state index contributed by atoms with van der Waals surface area (Å²) in [5.74, 6) is 0.232. The third kappa shape index (κ3) is 4.98. The highest BCUT2D eigenvalue weighted by molar-refractivity contribution is 6.39. The van der Waals surface area contributed by atoms with Gasteiger partial charge in [-0.2, -0.15) is 5.10 Å². The number of esters is 1. The summed E-state index contributed by atoms with van der Waals surface area (Å²) in [4.78, 5) is 29.2. The second-order valence-electron chi connectivity index (χ2n) is 8.75. The van der Waals surface area contributed by atoms with Gasteiger partial charge in [0.05, 0.1) is 22.3 Å². The van der Waals surface area contributed by atoms with Crippen molar-refractivity contribution in [3.8, 4) is 28.4 Å². The van der Waals surface area contributed by atoms with E-state index in [9.17, 15) is 9.59 Å². The molecule has 0 bridgehead atoms. The largest absolute Gasteiger partial charge is 0.454 e. The number of hydrogen-bond donors (Lipinski definition) is 2. The topological polar surface area (TPSA) is 102 Å². The molecule has 5 aromatic rings. The lowest BCUT2D eigenvalue weighted by molar-refractivity contribution is 0.0733. The molecule has 0 unspecified atom stereocenters. The van der Waals surface area contributed by atoms with Gasteiger partial charge in [-0.05, 0) is 48.0 Å². The predicted octanol–water partition coefficient (Wildman–Crippen LogP) is 6.85. The van der Waals surface area contributed by atoms with Crippen LogP contribution in [0.2, 0.25) is 10.0 Å². The van der Waals surface area contributed by atoms with Crippen molar-refractivity contribution in [1.82, 2.24) is 10.4 Å². The Balaban J connectivity index is 1.24. The Bertz CT molecular complexity index is 1800. The Morgan fingerprint density at radius 3 is 2.55 bits per heavy atom. The summed E-state index contributed by atoms with van der Waals surface area (Å²) in [5, 5.41) is 5.67. The molecule has 6 rings (SSSR count). The molecule has 0 radical (unpaired) electrons. The molecule has 0 fully saturated rings. The van der Waals surface area contributed by atoms with Gasteiger partial charge in [-0.1, -0.05) is 65.7 Å². The van der Waals surface area contributed by atoms with Crippen molar-refractivity contribution in [2.75, 3.05) is 6.79 Å². The number of halogens is 2. The van der Waals surface area contributed by atoms with Gasteiger partial charge in [0.25, 0.3) is 5.91 Å². The van der Waals surface area contributed by atoms with Crippen molar-refractivity contribution in [3.63, 3.8) is 0 Å². The van der Waals surface area contributed by atoms with Gasteiger partial charge in [0.15, 0.2) is 11.5 Å². The average molecular weight is 572 g/mol. The second-order valence-corrected chi connectivity index (χ2v) is 9.59. The molecule has 2 N–H and O–H groups in total. The van der Waals surface area contributed by atoms with Crippen LogP contribution in [0.15, 0.2) is 90.0 Å². The number of benzene rings is 4. The molecule has 0 aliphatic carbocycles. The lowest BCUT2D eigenvalue weighted by Gasteiger charge is -2.08. The van der Waals surface area contributed by atoms with Crippen LogP contribution in [0, 0.1) is 0 Å². The van der Waals surface area contributed by atoms with Crippen LogP contribution in [0.4, 0.5) is 0 Å². The third-order valence-electron chi connectivity index (χ3n) is 6.21. The van der Waals surface area contributed by atoms with E-state index in [4.69, 9.17) is 37.4 Å². The predicted molar refractivity (Wildman–Crippen MR) is 153 cm³/mol. The highest BCUT2D eigenvalue weighted by Gasteiger charge is 2.21. The van der Waals surface area contributed by atoms with Crippen LogP contribution in [0.3, 0.4) is 0 Å². The van der Waals surface area contributed by atoms with Crippen molar-refractivity contribution >= 4 is 52.2 Å². The number of aromatic nitrogens is 1. The van der Waals surface area contributed by atoms with Gasteiger partial charge >= 0.3 is 5.97 Å². The van der Waals surface area contributed by atoms with E-state index in [2.05, 4.69) is 15.5 Å². The summed E-state index contributed by atoms with van der Waals surface area (Å²) >= 11 is 12.7. The van der Waals surface area contributed by atoms with Crippen LogP contribution >= 0.6 is 23.2 Å². The van der Waals surface area contributed by atoms with Gasteiger partial charge in [-0.3, -0.25) is 4.79 Å². The molecule has 198 valence electrons. The van der Waals surface area contributed by atoms with Crippen LogP contribution in [0.5, 0.6) is 17.2 Å². The molecule has 1 aliphatic heterocycles. The van der Waals surface area contributed by atoms with Crippen LogP contribution in [0.25, 0.3) is 22.0 Å². The Kier molecular flexibility index (Phi) is 6.86. The Hall–Kier alpha value is -4.79. The fourth-order valence-corrected chi connectivity index (χ4v) is 4.91. The monoisotopic (exact) mass is 571 g/mol. The van der Waals surface area contributed by atoms with E-state index < -0.39 is 11.9 Å². The van der Waals surface area contributed by atoms with Gasteiger partial charge in [0.1, 0.15) is 11.4 Å². The zero-order valence-electron chi connectivity index (χ0n) is 20.6. The summed E-state index contributed by atoms with van der Waals surface area (Å²) in [6.45, 7) is 0.102. The maximum atomic E-state index is 13.3. The number of aromatic amines is 1. The van der Waals surface area contributed by atoms with E-state index in [0.717, 1.165) is 5.56 Å². The number of ether oxygens (including phenoxy) is 3. The lowest BCUT2D eigenvalue weighted by atomic mass is 10.0. The quantitative estimate of drug-likeness (QED) is 0.100. The Morgan fingerprint density at radius 2 is 1.70 bits per heavy atom. The molecule has 2 heterocycles. The normalized spacial score (nSPS) is 12.2. The van der Waals surface area contributed by atoms with Crippen molar-refractivity contribution in [1.29, 1.82) is 0 Å². The molecule has 10 heteroatoms. The molecule has 1 aliphatic rings. The van der Waals surface area contributed by atoms with E-state index in [1.165, 1.54) is 6.21 Å². The summed E-state index contributed by atoms with van der Waals surface area (Å²) in [7, 11) is 0. The summed E-state index contributed by atoms with van der Waals surface area (Å²) < 4.78 is 16.2. The highest BCUT2D eigenvalue weighted by Crippen LogP contribution is 2.37. The molecule has 4 aromatic carbocycles. The zero-order valence-corrected chi connectivity index (χ0v) is 22.1. The minimum absolute atomic E-state index is 0.102. The number of rotatable bonds is 6. The minimum Gasteiger partial charge on any atom is -0.454 e. The molecular formula is C30H19Cl2N3O5. The maximum Gasteiger partial charge on any atom is 0.343 e. The fourth-order valence-electron chi connectivity index (χ4n) is 4.37. The first-order valence-corrected chi connectivity index (χ1v) is 12.8. The first-order chi connectivity index (χ1) is 19.5. The maximum absolute atomic E-state index is 13.3. The average Bonchev–Trinajstić information content (AvgIpc) is 3.59. The number of hydrogen-bond acceptors (Lipinski definition) is 6. The van der Waals surface area contributed by atoms with Gasteiger partial charge in [-0.25, -0.2) is 10.2 Å². The molecule has 0 spiro atoms. The number of para-hydroxylation sites is 1. The van der Waals surface area contributed by atoms with Crippen molar-refractivity contribution in [2.24, 2.45) is 5.10 Å². The van der Waals surface area contributed by atoms with E-state index in [1.54, 1.807) is 54.6 Å². The van der Waals surface area contributed by atoms with Crippen LogP contribution < -0.4 is 19.6 Å². The van der Waals surface area contributed by atoms with Crippen molar-refractivity contribution in [2.45, 2.75) is 0 Å². The number of carbonyl (C=O) groups is 2. The van der Waals surface area contributed by atoms with Crippen LogP contribution in [-0.2, 0) is 0 Å². The van der Waals surface area contributed by atoms with Crippen LogP contribution in [-0.4, -0.2) is 29.9 Å². The van der Waals surface area contributed by atoms with Crippen molar-refractivity contribution in [3.05, 3.63) is 112 Å². The van der Waals surface area contributed by atoms with Gasteiger partial charge in [-0.15, -0.1) is 0 Å². The molecule has 1 amide bonds. The number of nitrogens with one attached hydrogen (secondary N) is 2.